The van der Waals surface area contributed by atoms with Gasteiger partial charge in [-0.2, -0.15) is 0 Å². The molecule has 0 bridgehead atoms. The topological polar surface area (TPSA) is 38.0 Å². The van der Waals surface area contributed by atoms with E-state index >= 15 is 0 Å². The predicted octanol–water partition coefficient (Wildman–Crippen LogP) is 3.61. The monoisotopic (exact) mass is 250 g/mol. The lowest BCUT2D eigenvalue weighted by molar-refractivity contribution is 0.144. The van der Waals surface area contributed by atoms with Gasteiger partial charge in [0.25, 0.3) is 0 Å². The van der Waals surface area contributed by atoms with Gasteiger partial charge in [-0.05, 0) is 48.4 Å². The summed E-state index contributed by atoms with van der Waals surface area (Å²) < 4.78 is 13.2. The van der Waals surface area contributed by atoms with E-state index in [0.29, 0.717) is 0 Å². The molecule has 0 saturated heterocycles. The van der Waals surface area contributed by atoms with Crippen molar-refractivity contribution in [1.29, 1.82) is 0 Å². The summed E-state index contributed by atoms with van der Waals surface area (Å²) in [4.78, 5) is 0. The van der Waals surface area contributed by atoms with Crippen LogP contribution in [0.3, 0.4) is 0 Å². The normalized spacial score (nSPS) is 20.7. The molecule has 2 nitrogen and oxygen atoms in total. The van der Waals surface area contributed by atoms with Crippen molar-refractivity contribution in [2.24, 2.45) is 11.3 Å². The standard InChI is InChI=1S/C15H23FN2/c1-11-10-12(16)6-7-13(11)14(18-17)15(2)8-4-3-5-9-15/h6-7,10,14,18H,3-5,8-9,17H2,1-2H3. The van der Waals surface area contributed by atoms with Crippen LogP contribution in [0.5, 0.6) is 0 Å². The third kappa shape index (κ3) is 2.57. The highest BCUT2D eigenvalue weighted by molar-refractivity contribution is 5.31. The van der Waals surface area contributed by atoms with Gasteiger partial charge in [-0.3, -0.25) is 11.3 Å². The molecule has 1 aliphatic rings. The molecule has 1 aromatic carbocycles. The van der Waals surface area contributed by atoms with E-state index in [1.54, 1.807) is 6.07 Å². The molecule has 1 aromatic rings. The molecule has 2 rings (SSSR count). The second-order valence-electron chi connectivity index (χ2n) is 5.82. The summed E-state index contributed by atoms with van der Waals surface area (Å²) in [7, 11) is 0. The number of halogens is 1. The van der Waals surface area contributed by atoms with Crippen molar-refractivity contribution in [1.82, 2.24) is 5.43 Å². The Morgan fingerprint density at radius 1 is 1.28 bits per heavy atom. The second-order valence-corrected chi connectivity index (χ2v) is 5.82. The fraction of sp³-hybridized carbons (Fsp3) is 0.600. The Hall–Kier alpha value is -0.930. The number of nitrogens with one attached hydrogen (secondary N) is 1. The van der Waals surface area contributed by atoms with Gasteiger partial charge >= 0.3 is 0 Å². The van der Waals surface area contributed by atoms with Crippen LogP contribution in [0.25, 0.3) is 0 Å². The van der Waals surface area contributed by atoms with Crippen LogP contribution in [-0.2, 0) is 0 Å². The second kappa shape index (κ2) is 5.37. The largest absolute Gasteiger partial charge is 0.271 e. The minimum absolute atomic E-state index is 0.110. The minimum Gasteiger partial charge on any atom is -0.271 e. The van der Waals surface area contributed by atoms with Gasteiger partial charge in [-0.15, -0.1) is 0 Å². The predicted molar refractivity (Wildman–Crippen MR) is 72.4 cm³/mol. The van der Waals surface area contributed by atoms with Crippen LogP contribution >= 0.6 is 0 Å². The van der Waals surface area contributed by atoms with Gasteiger partial charge in [0.15, 0.2) is 0 Å². The smallest absolute Gasteiger partial charge is 0.123 e. The van der Waals surface area contributed by atoms with E-state index in [2.05, 4.69) is 12.3 Å². The summed E-state index contributed by atoms with van der Waals surface area (Å²) in [6.07, 6.45) is 6.19. The van der Waals surface area contributed by atoms with E-state index < -0.39 is 0 Å². The third-order valence-corrected chi connectivity index (χ3v) is 4.40. The molecule has 1 unspecified atom stereocenters. The summed E-state index contributed by atoms with van der Waals surface area (Å²) in [5.74, 6) is 5.60. The van der Waals surface area contributed by atoms with E-state index in [1.165, 1.54) is 38.2 Å². The Bertz CT molecular complexity index is 411. The molecule has 0 radical (unpaired) electrons. The molecule has 1 saturated carbocycles. The molecule has 3 heteroatoms. The van der Waals surface area contributed by atoms with Gasteiger partial charge in [0.1, 0.15) is 5.82 Å². The molecule has 1 aliphatic carbocycles. The van der Waals surface area contributed by atoms with E-state index in [9.17, 15) is 4.39 Å². The highest BCUT2D eigenvalue weighted by Crippen LogP contribution is 2.45. The van der Waals surface area contributed by atoms with E-state index in [1.807, 2.05) is 13.0 Å². The van der Waals surface area contributed by atoms with Gasteiger partial charge in [-0.25, -0.2) is 4.39 Å². The highest BCUT2D eigenvalue weighted by Gasteiger charge is 2.36. The van der Waals surface area contributed by atoms with Crippen molar-refractivity contribution < 1.29 is 4.39 Å². The van der Waals surface area contributed by atoms with Gasteiger partial charge in [0, 0.05) is 0 Å². The number of nitrogens with two attached hydrogens (primary N) is 1. The zero-order valence-corrected chi connectivity index (χ0v) is 11.3. The summed E-state index contributed by atoms with van der Waals surface area (Å²) in [5, 5.41) is 0. The van der Waals surface area contributed by atoms with Crippen LogP contribution in [0.1, 0.15) is 56.2 Å². The Morgan fingerprint density at radius 2 is 1.94 bits per heavy atom. The SMILES string of the molecule is Cc1cc(F)ccc1C(NN)C1(C)CCCCC1. The Morgan fingerprint density at radius 3 is 2.50 bits per heavy atom. The van der Waals surface area contributed by atoms with Crippen LogP contribution in [0, 0.1) is 18.2 Å². The first-order chi connectivity index (χ1) is 8.57. The average Bonchev–Trinajstić information content (AvgIpc) is 2.33. The van der Waals surface area contributed by atoms with Crippen molar-refractivity contribution in [3.05, 3.63) is 35.1 Å². The first-order valence-corrected chi connectivity index (χ1v) is 6.79. The summed E-state index contributed by atoms with van der Waals surface area (Å²) in [6, 6.07) is 5.10. The van der Waals surface area contributed by atoms with Crippen molar-refractivity contribution >= 4 is 0 Å². The maximum atomic E-state index is 13.2. The summed E-state index contributed by atoms with van der Waals surface area (Å²) in [5.41, 5.74) is 5.25. The number of rotatable bonds is 3. The quantitative estimate of drug-likeness (QED) is 0.635. The van der Waals surface area contributed by atoms with E-state index in [-0.39, 0.29) is 17.3 Å². The van der Waals surface area contributed by atoms with Gasteiger partial charge in [-0.1, -0.05) is 32.3 Å². The molecule has 18 heavy (non-hydrogen) atoms. The molecule has 0 amide bonds. The molecule has 0 aromatic heterocycles. The molecule has 0 heterocycles. The molecule has 1 fully saturated rings. The zero-order valence-electron chi connectivity index (χ0n) is 11.3. The van der Waals surface area contributed by atoms with E-state index in [0.717, 1.165) is 11.1 Å². The van der Waals surface area contributed by atoms with Crippen molar-refractivity contribution in [2.75, 3.05) is 0 Å². The number of benzene rings is 1. The highest BCUT2D eigenvalue weighted by atomic mass is 19.1. The molecular weight excluding hydrogens is 227 g/mol. The van der Waals surface area contributed by atoms with Gasteiger partial charge in [0.05, 0.1) is 6.04 Å². The van der Waals surface area contributed by atoms with Crippen molar-refractivity contribution in [3.8, 4) is 0 Å². The molecule has 100 valence electrons. The van der Waals surface area contributed by atoms with Crippen molar-refractivity contribution in [2.45, 2.75) is 52.0 Å². The Kier molecular flexibility index (Phi) is 4.03. The van der Waals surface area contributed by atoms with Crippen LogP contribution < -0.4 is 11.3 Å². The lowest BCUT2D eigenvalue weighted by Crippen LogP contribution is -2.41. The third-order valence-electron chi connectivity index (χ3n) is 4.40. The maximum absolute atomic E-state index is 13.2. The molecule has 3 N–H and O–H groups in total. The van der Waals surface area contributed by atoms with Gasteiger partial charge < -0.3 is 0 Å². The van der Waals surface area contributed by atoms with Gasteiger partial charge in [0.2, 0.25) is 0 Å². The molecule has 0 aliphatic heterocycles. The number of hydrazine groups is 1. The lowest BCUT2D eigenvalue weighted by Gasteiger charge is -2.41. The van der Waals surface area contributed by atoms with Crippen LogP contribution in [0.4, 0.5) is 4.39 Å². The first kappa shape index (κ1) is 13.5. The van der Waals surface area contributed by atoms with Crippen molar-refractivity contribution in [3.63, 3.8) is 0 Å². The summed E-state index contributed by atoms with van der Waals surface area (Å²) in [6.45, 7) is 4.24. The Labute approximate surface area is 109 Å². The molecule has 0 spiro atoms. The summed E-state index contributed by atoms with van der Waals surface area (Å²) >= 11 is 0. The minimum atomic E-state index is -0.180. The van der Waals surface area contributed by atoms with Crippen LogP contribution in [0.15, 0.2) is 18.2 Å². The zero-order chi connectivity index (χ0) is 13.2. The number of aryl methyl sites for hydroxylation is 1. The number of hydrogen-bond donors (Lipinski definition) is 2. The molecular formula is C15H23FN2. The van der Waals surface area contributed by atoms with Crippen LogP contribution in [-0.4, -0.2) is 0 Å². The first-order valence-electron chi connectivity index (χ1n) is 6.79. The fourth-order valence-electron chi connectivity index (χ4n) is 3.28. The lowest BCUT2D eigenvalue weighted by atomic mass is 9.68. The van der Waals surface area contributed by atoms with E-state index in [4.69, 9.17) is 5.84 Å². The van der Waals surface area contributed by atoms with Crippen LogP contribution in [0.2, 0.25) is 0 Å². The average molecular weight is 250 g/mol. The maximum Gasteiger partial charge on any atom is 0.123 e. The fourth-order valence-corrected chi connectivity index (χ4v) is 3.28. The number of hydrogen-bond acceptors (Lipinski definition) is 2. The molecule has 1 atom stereocenters. The Balaban J connectivity index is 2.32.